The highest BCUT2D eigenvalue weighted by atomic mass is 16.5. The molecule has 0 aliphatic rings. The predicted octanol–water partition coefficient (Wildman–Crippen LogP) is 5.04. The van der Waals surface area contributed by atoms with E-state index >= 15 is 0 Å². The normalized spacial score (nSPS) is 12.1. The van der Waals surface area contributed by atoms with Crippen LogP contribution in [0.1, 0.15) is 31.2 Å². The van der Waals surface area contributed by atoms with Crippen molar-refractivity contribution in [1.82, 2.24) is 9.88 Å². The van der Waals surface area contributed by atoms with Crippen LogP contribution in [0.2, 0.25) is 0 Å². The molecule has 0 fully saturated rings. The zero-order valence-corrected chi connectivity index (χ0v) is 16.6. The van der Waals surface area contributed by atoms with Gasteiger partial charge in [0.25, 0.3) is 0 Å². The second kappa shape index (κ2) is 8.27. The Balaban J connectivity index is 1.41. The summed E-state index contributed by atoms with van der Waals surface area (Å²) in [5, 5.41) is 3.99. The molecule has 1 unspecified atom stereocenters. The molecule has 4 rings (SSSR count). The average molecular weight is 388 g/mol. The number of carbonyl (C=O) groups is 1. The average Bonchev–Trinajstić information content (AvgIpc) is 3.39. The van der Waals surface area contributed by atoms with Crippen LogP contribution in [0.25, 0.3) is 16.7 Å². The number of benzene rings is 2. The van der Waals surface area contributed by atoms with Crippen molar-refractivity contribution in [3.63, 3.8) is 0 Å². The summed E-state index contributed by atoms with van der Waals surface area (Å²) in [6.07, 6.45) is 4.31. The molecule has 0 spiro atoms. The molecule has 1 amide bonds. The van der Waals surface area contributed by atoms with Gasteiger partial charge in [0.1, 0.15) is 5.76 Å². The van der Waals surface area contributed by atoms with Crippen molar-refractivity contribution in [1.29, 1.82) is 0 Å². The minimum absolute atomic E-state index is 0.0447. The highest BCUT2D eigenvalue weighted by molar-refractivity contribution is 5.84. The fourth-order valence-corrected chi connectivity index (χ4v) is 3.38. The summed E-state index contributed by atoms with van der Waals surface area (Å²) in [5.41, 5.74) is 2.75. The summed E-state index contributed by atoms with van der Waals surface area (Å²) in [7, 11) is 0. The quantitative estimate of drug-likeness (QED) is 0.482. The van der Waals surface area contributed by atoms with E-state index in [2.05, 4.69) is 5.32 Å². The van der Waals surface area contributed by atoms with Crippen molar-refractivity contribution in [2.75, 3.05) is 6.61 Å². The third-order valence-electron chi connectivity index (χ3n) is 4.83. The molecule has 0 aliphatic carbocycles. The largest absolute Gasteiger partial charge is 0.490 e. The second-order valence-corrected chi connectivity index (χ2v) is 6.98. The number of aromatic nitrogens is 1. The Morgan fingerprint density at radius 2 is 1.86 bits per heavy atom. The van der Waals surface area contributed by atoms with Gasteiger partial charge in [-0.1, -0.05) is 24.3 Å². The van der Waals surface area contributed by atoms with Gasteiger partial charge in [-0.3, -0.25) is 4.79 Å². The maximum Gasteiger partial charge on any atom is 0.224 e. The van der Waals surface area contributed by atoms with Crippen LogP contribution in [0, 0.1) is 0 Å². The predicted molar refractivity (Wildman–Crippen MR) is 113 cm³/mol. The second-order valence-electron chi connectivity index (χ2n) is 6.98. The topological polar surface area (TPSA) is 56.4 Å². The van der Waals surface area contributed by atoms with Gasteiger partial charge in [0, 0.05) is 23.5 Å². The van der Waals surface area contributed by atoms with Crippen molar-refractivity contribution in [3.05, 3.63) is 84.4 Å². The first kappa shape index (κ1) is 18.9. The summed E-state index contributed by atoms with van der Waals surface area (Å²) in [5.74, 6) is 1.39. The van der Waals surface area contributed by atoms with Gasteiger partial charge in [-0.15, -0.1) is 0 Å². The van der Waals surface area contributed by atoms with E-state index in [-0.39, 0.29) is 11.9 Å². The van der Waals surface area contributed by atoms with Crippen LogP contribution in [0.4, 0.5) is 0 Å². The van der Waals surface area contributed by atoms with Gasteiger partial charge in [-0.25, -0.2) is 0 Å². The number of ether oxygens (including phenoxy) is 1. The molecule has 5 heteroatoms. The third-order valence-corrected chi connectivity index (χ3v) is 4.83. The van der Waals surface area contributed by atoms with Crippen molar-refractivity contribution >= 4 is 16.9 Å². The van der Waals surface area contributed by atoms with Crippen LogP contribution in [-0.2, 0) is 11.2 Å². The Hall–Kier alpha value is -3.47. The van der Waals surface area contributed by atoms with Crippen LogP contribution in [0.15, 0.2) is 77.5 Å². The lowest BCUT2D eigenvalue weighted by molar-refractivity contribution is -0.121. The Bertz CT molecular complexity index is 1100. The number of amides is 1. The number of furan rings is 1. The highest BCUT2D eigenvalue weighted by Crippen LogP contribution is 2.31. The molecule has 5 nitrogen and oxygen atoms in total. The Labute approximate surface area is 169 Å². The number of nitrogens with zero attached hydrogens (tertiary/aromatic N) is 1. The molecule has 1 atom stereocenters. The number of fused-ring (bicyclic) bond motifs is 1. The van der Waals surface area contributed by atoms with E-state index in [0.717, 1.165) is 22.4 Å². The minimum Gasteiger partial charge on any atom is -0.490 e. The Morgan fingerprint density at radius 3 is 2.59 bits per heavy atom. The van der Waals surface area contributed by atoms with E-state index in [9.17, 15) is 4.79 Å². The summed E-state index contributed by atoms with van der Waals surface area (Å²) in [6.45, 7) is 4.44. The molecule has 0 saturated carbocycles. The van der Waals surface area contributed by atoms with Gasteiger partial charge in [0.05, 0.1) is 19.1 Å². The first-order valence-corrected chi connectivity index (χ1v) is 9.81. The molecule has 0 bridgehead atoms. The lowest BCUT2D eigenvalue weighted by atomic mass is 10.1. The lowest BCUT2D eigenvalue weighted by Gasteiger charge is -2.12. The zero-order chi connectivity index (χ0) is 20.2. The Morgan fingerprint density at radius 1 is 1.10 bits per heavy atom. The van der Waals surface area contributed by atoms with E-state index in [1.54, 1.807) is 0 Å². The van der Waals surface area contributed by atoms with Crippen LogP contribution < -0.4 is 10.1 Å². The van der Waals surface area contributed by atoms with Gasteiger partial charge in [0.2, 0.25) is 5.91 Å². The van der Waals surface area contributed by atoms with E-state index in [1.165, 1.54) is 0 Å². The van der Waals surface area contributed by atoms with Crippen molar-refractivity contribution in [2.24, 2.45) is 0 Å². The molecule has 0 aliphatic heterocycles. The van der Waals surface area contributed by atoms with Crippen LogP contribution in [0.3, 0.4) is 0 Å². The van der Waals surface area contributed by atoms with Crippen LogP contribution in [0.5, 0.6) is 5.75 Å². The van der Waals surface area contributed by atoms with Crippen LogP contribution in [-0.4, -0.2) is 17.1 Å². The molecular formula is C24H24N2O3. The molecule has 0 radical (unpaired) electrons. The third kappa shape index (κ3) is 4.19. The smallest absolute Gasteiger partial charge is 0.224 e. The van der Waals surface area contributed by atoms with Crippen molar-refractivity contribution in [2.45, 2.75) is 26.3 Å². The summed E-state index contributed by atoms with van der Waals surface area (Å²) < 4.78 is 13.6. The van der Waals surface area contributed by atoms with Gasteiger partial charge in [-0.2, -0.15) is 0 Å². The molecule has 2 heterocycles. The standard InChI is InChI=1S/C24H24N2O3/c1-3-28-21-8-6-7-19-16-22(29-24(19)21)17(2)25-23(27)15-18-9-11-20(12-10-18)26-13-4-5-14-26/h4-14,16-17H,3,15H2,1-2H3,(H,25,27). The van der Waals surface area contributed by atoms with Gasteiger partial charge in [0.15, 0.2) is 11.3 Å². The molecule has 2 aromatic carbocycles. The number of para-hydroxylation sites is 1. The van der Waals surface area contributed by atoms with E-state index < -0.39 is 0 Å². The lowest BCUT2D eigenvalue weighted by Crippen LogP contribution is -2.27. The number of carbonyl (C=O) groups excluding carboxylic acids is 1. The van der Waals surface area contributed by atoms with Crippen molar-refractivity contribution < 1.29 is 13.9 Å². The molecule has 148 valence electrons. The van der Waals surface area contributed by atoms with E-state index in [1.807, 2.05) is 91.5 Å². The minimum atomic E-state index is -0.233. The van der Waals surface area contributed by atoms with Gasteiger partial charge < -0.3 is 19.0 Å². The number of hydrogen-bond acceptors (Lipinski definition) is 3. The molecule has 2 aromatic heterocycles. The van der Waals surface area contributed by atoms with E-state index in [0.29, 0.717) is 24.4 Å². The molecule has 0 saturated heterocycles. The monoisotopic (exact) mass is 388 g/mol. The number of hydrogen-bond donors (Lipinski definition) is 1. The SMILES string of the molecule is CCOc1cccc2cc(C(C)NC(=O)Cc3ccc(-n4cccc4)cc3)oc12. The summed E-state index contributed by atoms with van der Waals surface area (Å²) >= 11 is 0. The Kier molecular flexibility index (Phi) is 5.38. The first-order chi connectivity index (χ1) is 14.1. The fraction of sp³-hybridized carbons (Fsp3) is 0.208. The summed E-state index contributed by atoms with van der Waals surface area (Å²) in [6, 6.07) is 19.5. The molecule has 1 N–H and O–H groups in total. The zero-order valence-electron chi connectivity index (χ0n) is 16.6. The summed E-state index contributed by atoms with van der Waals surface area (Å²) in [4.78, 5) is 12.5. The maximum absolute atomic E-state index is 12.5. The molecule has 4 aromatic rings. The van der Waals surface area contributed by atoms with Crippen LogP contribution >= 0.6 is 0 Å². The molecular weight excluding hydrogens is 364 g/mol. The number of nitrogens with one attached hydrogen (secondary N) is 1. The van der Waals surface area contributed by atoms with Crippen molar-refractivity contribution in [3.8, 4) is 11.4 Å². The molecule has 29 heavy (non-hydrogen) atoms. The fourth-order valence-electron chi connectivity index (χ4n) is 3.38. The van der Waals surface area contributed by atoms with Gasteiger partial charge >= 0.3 is 0 Å². The highest BCUT2D eigenvalue weighted by Gasteiger charge is 2.16. The first-order valence-electron chi connectivity index (χ1n) is 9.81. The van der Waals surface area contributed by atoms with Gasteiger partial charge in [-0.05, 0) is 55.8 Å². The van der Waals surface area contributed by atoms with E-state index in [4.69, 9.17) is 9.15 Å². The number of rotatable bonds is 7. The maximum atomic E-state index is 12.5.